The lowest BCUT2D eigenvalue weighted by Gasteiger charge is -2.01. The van der Waals surface area contributed by atoms with Crippen LogP contribution in [0.5, 0.6) is 0 Å². The van der Waals surface area contributed by atoms with Gasteiger partial charge in [-0.2, -0.15) is 0 Å². The van der Waals surface area contributed by atoms with Gasteiger partial charge >= 0.3 is 0 Å². The molecule has 5 heteroatoms. The molecule has 2 aromatic rings. The van der Waals surface area contributed by atoms with E-state index in [1.807, 2.05) is 10.6 Å². The van der Waals surface area contributed by atoms with Gasteiger partial charge in [-0.3, -0.25) is 4.40 Å². The van der Waals surface area contributed by atoms with E-state index in [1.165, 1.54) is 10.6 Å². The zero-order chi connectivity index (χ0) is 10.3. The molecule has 2 heterocycles. The average molecular weight is 211 g/mol. The maximum Gasteiger partial charge on any atom is 0.194 e. The number of rotatable bonds is 2. The number of aryl methyl sites for hydroxylation is 2. The third kappa shape index (κ3) is 1.33. The fourth-order valence-corrected chi connectivity index (χ4v) is 2.30. The van der Waals surface area contributed by atoms with Crippen molar-refractivity contribution < 1.29 is 5.11 Å². The van der Waals surface area contributed by atoms with Crippen molar-refractivity contribution in [2.45, 2.75) is 19.9 Å². The highest BCUT2D eigenvalue weighted by molar-refractivity contribution is 7.17. The first-order valence-electron chi connectivity index (χ1n) is 4.45. The quantitative estimate of drug-likeness (QED) is 0.779. The number of aliphatic hydroxyl groups excluding tert-OH is 1. The van der Waals surface area contributed by atoms with Crippen LogP contribution in [0.1, 0.15) is 22.3 Å². The van der Waals surface area contributed by atoms with Crippen molar-refractivity contribution in [2.24, 2.45) is 5.73 Å². The van der Waals surface area contributed by atoms with E-state index >= 15 is 0 Å². The second-order valence-corrected chi connectivity index (χ2v) is 4.53. The van der Waals surface area contributed by atoms with Crippen molar-refractivity contribution in [1.82, 2.24) is 9.38 Å². The Kier molecular flexibility index (Phi) is 2.30. The van der Waals surface area contributed by atoms with Gasteiger partial charge in [-0.25, -0.2) is 4.98 Å². The van der Waals surface area contributed by atoms with E-state index in [-0.39, 0.29) is 12.6 Å². The standard InChI is InChI=1S/C9H13N3OS/c1-5-6(2)14-9-11-8(3-12(5)9)7(10)4-13/h3,7,13H,4,10H2,1-2H3. The molecule has 0 saturated heterocycles. The topological polar surface area (TPSA) is 63.5 Å². The van der Waals surface area contributed by atoms with Gasteiger partial charge in [-0.15, -0.1) is 11.3 Å². The number of fused-ring (bicyclic) bond motifs is 1. The molecule has 0 radical (unpaired) electrons. The largest absolute Gasteiger partial charge is 0.394 e. The van der Waals surface area contributed by atoms with Crippen molar-refractivity contribution in [3.63, 3.8) is 0 Å². The van der Waals surface area contributed by atoms with Crippen LogP contribution in [0, 0.1) is 13.8 Å². The van der Waals surface area contributed by atoms with Gasteiger partial charge in [0.25, 0.3) is 0 Å². The summed E-state index contributed by atoms with van der Waals surface area (Å²) in [6.07, 6.45) is 1.90. The summed E-state index contributed by atoms with van der Waals surface area (Å²) in [4.78, 5) is 6.57. The predicted octanol–water partition coefficient (Wildman–Crippen LogP) is 1.00. The van der Waals surface area contributed by atoms with Crippen LogP contribution in [0.2, 0.25) is 0 Å². The summed E-state index contributed by atoms with van der Waals surface area (Å²) in [5, 5.41) is 8.90. The second kappa shape index (κ2) is 3.34. The molecular formula is C9H13N3OS. The van der Waals surface area contributed by atoms with Crippen molar-refractivity contribution in [3.8, 4) is 0 Å². The maximum absolute atomic E-state index is 8.90. The molecule has 0 spiro atoms. The molecule has 0 fully saturated rings. The van der Waals surface area contributed by atoms with Crippen LogP contribution in [0.15, 0.2) is 6.20 Å². The van der Waals surface area contributed by atoms with Gasteiger partial charge in [0.1, 0.15) is 0 Å². The lowest BCUT2D eigenvalue weighted by atomic mass is 10.2. The van der Waals surface area contributed by atoms with Crippen LogP contribution < -0.4 is 5.73 Å². The molecule has 1 atom stereocenters. The van der Waals surface area contributed by atoms with Gasteiger partial charge in [0, 0.05) is 16.8 Å². The molecule has 0 amide bonds. The van der Waals surface area contributed by atoms with Gasteiger partial charge in [0.2, 0.25) is 0 Å². The summed E-state index contributed by atoms with van der Waals surface area (Å²) < 4.78 is 2.02. The average Bonchev–Trinajstić information content (AvgIpc) is 2.68. The summed E-state index contributed by atoms with van der Waals surface area (Å²) in [6.45, 7) is 4.05. The lowest BCUT2D eigenvalue weighted by molar-refractivity contribution is 0.266. The van der Waals surface area contributed by atoms with E-state index in [1.54, 1.807) is 11.3 Å². The van der Waals surface area contributed by atoms with E-state index in [2.05, 4.69) is 18.8 Å². The zero-order valence-electron chi connectivity index (χ0n) is 8.19. The number of hydrogen-bond donors (Lipinski definition) is 2. The lowest BCUT2D eigenvalue weighted by Crippen LogP contribution is -2.14. The van der Waals surface area contributed by atoms with E-state index in [4.69, 9.17) is 10.8 Å². The van der Waals surface area contributed by atoms with Crippen molar-refractivity contribution in [1.29, 1.82) is 0 Å². The van der Waals surface area contributed by atoms with Crippen molar-refractivity contribution in [3.05, 3.63) is 22.5 Å². The number of imidazole rings is 1. The fraction of sp³-hybridized carbons (Fsp3) is 0.444. The van der Waals surface area contributed by atoms with Crippen LogP contribution in [0.4, 0.5) is 0 Å². The highest BCUT2D eigenvalue weighted by Crippen LogP contribution is 2.23. The fourth-order valence-electron chi connectivity index (χ4n) is 1.35. The molecule has 2 aromatic heterocycles. The van der Waals surface area contributed by atoms with Crippen LogP contribution in [0.3, 0.4) is 0 Å². The number of hydrogen-bond acceptors (Lipinski definition) is 4. The smallest absolute Gasteiger partial charge is 0.194 e. The van der Waals surface area contributed by atoms with Gasteiger partial charge in [0.15, 0.2) is 4.96 Å². The minimum Gasteiger partial charge on any atom is -0.394 e. The van der Waals surface area contributed by atoms with Crippen LogP contribution >= 0.6 is 11.3 Å². The highest BCUT2D eigenvalue weighted by atomic mass is 32.1. The first-order chi connectivity index (χ1) is 6.63. The minimum atomic E-state index is -0.373. The molecule has 76 valence electrons. The molecule has 4 nitrogen and oxygen atoms in total. The number of aliphatic hydroxyl groups is 1. The molecule has 2 rings (SSSR count). The first-order valence-corrected chi connectivity index (χ1v) is 5.26. The minimum absolute atomic E-state index is 0.0666. The highest BCUT2D eigenvalue weighted by Gasteiger charge is 2.12. The van der Waals surface area contributed by atoms with Crippen LogP contribution in [-0.2, 0) is 0 Å². The molecule has 3 N–H and O–H groups in total. The van der Waals surface area contributed by atoms with Gasteiger partial charge in [-0.05, 0) is 13.8 Å². The molecule has 0 aliphatic heterocycles. The van der Waals surface area contributed by atoms with E-state index in [0.717, 1.165) is 10.7 Å². The summed E-state index contributed by atoms with van der Waals surface area (Å²) in [5.41, 5.74) is 7.62. The molecular weight excluding hydrogens is 198 g/mol. The predicted molar refractivity (Wildman–Crippen MR) is 56.6 cm³/mol. The Bertz CT molecular complexity index is 460. The first kappa shape index (κ1) is 9.64. The Labute approximate surface area is 86.0 Å². The zero-order valence-corrected chi connectivity index (χ0v) is 9.01. The SMILES string of the molecule is Cc1sc2nc(C(N)CO)cn2c1C. The second-order valence-electron chi connectivity index (χ2n) is 3.35. The van der Waals surface area contributed by atoms with Crippen LogP contribution in [-0.4, -0.2) is 21.1 Å². The van der Waals surface area contributed by atoms with Crippen molar-refractivity contribution in [2.75, 3.05) is 6.61 Å². The Morgan fingerprint density at radius 2 is 2.36 bits per heavy atom. The molecule has 0 aliphatic rings. The molecule has 0 aromatic carbocycles. The summed E-state index contributed by atoms with van der Waals surface area (Å²) >= 11 is 1.64. The summed E-state index contributed by atoms with van der Waals surface area (Å²) in [7, 11) is 0. The molecule has 1 unspecified atom stereocenters. The summed E-state index contributed by atoms with van der Waals surface area (Å²) in [5.74, 6) is 0. The van der Waals surface area contributed by atoms with Gasteiger partial charge < -0.3 is 10.8 Å². The normalized spacial score (nSPS) is 13.7. The van der Waals surface area contributed by atoms with Gasteiger partial charge in [0.05, 0.1) is 18.3 Å². The van der Waals surface area contributed by atoms with E-state index in [0.29, 0.717) is 0 Å². The van der Waals surface area contributed by atoms with Gasteiger partial charge in [-0.1, -0.05) is 0 Å². The van der Waals surface area contributed by atoms with E-state index < -0.39 is 0 Å². The van der Waals surface area contributed by atoms with Crippen molar-refractivity contribution >= 4 is 16.3 Å². The van der Waals surface area contributed by atoms with Crippen LogP contribution in [0.25, 0.3) is 4.96 Å². The molecule has 0 bridgehead atoms. The third-order valence-corrected chi connectivity index (χ3v) is 3.46. The number of nitrogens with two attached hydrogens (primary N) is 1. The Balaban J connectivity index is 2.53. The number of aromatic nitrogens is 2. The maximum atomic E-state index is 8.90. The monoisotopic (exact) mass is 211 g/mol. The third-order valence-electron chi connectivity index (χ3n) is 2.38. The Morgan fingerprint density at radius 1 is 1.64 bits per heavy atom. The number of thiazole rings is 1. The van der Waals surface area contributed by atoms with E-state index in [9.17, 15) is 0 Å². The summed E-state index contributed by atoms with van der Waals surface area (Å²) in [6, 6.07) is -0.373. The Morgan fingerprint density at radius 3 is 2.93 bits per heavy atom. The molecule has 14 heavy (non-hydrogen) atoms. The Hall–Kier alpha value is -0.910. The molecule has 0 aliphatic carbocycles. The molecule has 0 saturated carbocycles. The number of nitrogens with zero attached hydrogens (tertiary/aromatic N) is 2.